The van der Waals surface area contributed by atoms with Crippen LogP contribution >= 0.6 is 11.6 Å². The normalized spacial score (nSPS) is 10.5. The summed E-state index contributed by atoms with van der Waals surface area (Å²) in [6.45, 7) is 0. The van der Waals surface area contributed by atoms with E-state index in [0.29, 0.717) is 5.22 Å². The van der Waals surface area contributed by atoms with E-state index in [-0.39, 0.29) is 0 Å². The van der Waals surface area contributed by atoms with E-state index in [1.165, 1.54) is 0 Å². The van der Waals surface area contributed by atoms with Crippen molar-refractivity contribution in [3.05, 3.63) is 35.7 Å². The minimum Gasteiger partial charge on any atom is -0.440 e. The Labute approximate surface area is 63.2 Å². The molecule has 0 aliphatic carbocycles. The molecule has 2 rings (SSSR count). The van der Waals surface area contributed by atoms with Gasteiger partial charge in [-0.25, -0.2) is 0 Å². The lowest BCUT2D eigenvalue weighted by Crippen LogP contribution is -1.60. The smallest absolute Gasteiger partial charge is 0.202 e. The summed E-state index contributed by atoms with van der Waals surface area (Å²) in [6.07, 6.45) is 2.68. The van der Waals surface area contributed by atoms with Gasteiger partial charge in [0, 0.05) is 10.8 Å². The summed E-state index contributed by atoms with van der Waals surface area (Å²) in [4.78, 5) is 0. The maximum absolute atomic E-state index is 5.67. The lowest BCUT2D eigenvalue weighted by atomic mass is 10.2. The molecule has 1 nitrogen and oxygen atoms in total. The van der Waals surface area contributed by atoms with Gasteiger partial charge in [-0.15, -0.1) is 0 Å². The molecule has 0 amide bonds. The fourth-order valence-electron chi connectivity index (χ4n) is 0.898. The average Bonchev–Trinajstić information content (AvgIpc) is 2.34. The molecule has 1 heterocycles. The summed E-state index contributed by atoms with van der Waals surface area (Å²) in [5.41, 5.74) is 0. The summed E-state index contributed by atoms with van der Waals surface area (Å²) in [5, 5.41) is 2.26. The first-order valence-electron chi connectivity index (χ1n) is 2.92. The molecule has 0 atom stereocenters. The molecule has 49 valence electrons. The van der Waals surface area contributed by atoms with Crippen molar-refractivity contribution in [2.75, 3.05) is 0 Å². The van der Waals surface area contributed by atoms with Crippen LogP contribution in [-0.2, 0) is 0 Å². The Morgan fingerprint density at radius 1 is 1.30 bits per heavy atom. The third kappa shape index (κ3) is 0.711. The van der Waals surface area contributed by atoms with Crippen LogP contribution in [0.1, 0.15) is 0 Å². The molecule has 0 N–H and O–H groups in total. The highest BCUT2D eigenvalue weighted by molar-refractivity contribution is 6.33. The van der Waals surface area contributed by atoms with Crippen LogP contribution in [0.4, 0.5) is 0 Å². The lowest BCUT2D eigenvalue weighted by Gasteiger charge is -1.82. The number of halogens is 1. The van der Waals surface area contributed by atoms with Crippen molar-refractivity contribution in [3.63, 3.8) is 0 Å². The molecule has 1 aromatic heterocycles. The zero-order valence-corrected chi connectivity index (χ0v) is 5.85. The second-order valence-corrected chi connectivity index (χ2v) is 2.37. The number of benzene rings is 1. The predicted octanol–water partition coefficient (Wildman–Crippen LogP) is 2.89. The maximum Gasteiger partial charge on any atom is 0.202 e. The lowest BCUT2D eigenvalue weighted by molar-refractivity contribution is 0.565. The van der Waals surface area contributed by atoms with Gasteiger partial charge in [-0.2, -0.15) is 0 Å². The fraction of sp³-hybridized carbons (Fsp3) is 0. The molecular weight excluding hydrogens is 148 g/mol. The van der Waals surface area contributed by atoms with E-state index in [9.17, 15) is 0 Å². The molecule has 0 aliphatic heterocycles. The summed E-state index contributed by atoms with van der Waals surface area (Å²) >= 11 is 5.67. The highest BCUT2D eigenvalue weighted by Gasteiger charge is 2.00. The topological polar surface area (TPSA) is 13.1 Å². The van der Waals surface area contributed by atoms with Crippen LogP contribution in [-0.4, -0.2) is 0 Å². The van der Waals surface area contributed by atoms with Gasteiger partial charge in [0.1, 0.15) is 0 Å². The van der Waals surface area contributed by atoms with Gasteiger partial charge in [-0.1, -0.05) is 18.2 Å². The van der Waals surface area contributed by atoms with Crippen molar-refractivity contribution in [2.24, 2.45) is 0 Å². The zero-order valence-electron chi connectivity index (χ0n) is 5.10. The average molecular weight is 152 g/mol. The molecule has 0 spiro atoms. The summed E-state index contributed by atoms with van der Waals surface area (Å²) in [5.74, 6) is 0. The van der Waals surface area contributed by atoms with Crippen LogP contribution in [0, 0.1) is 6.26 Å². The van der Waals surface area contributed by atoms with Crippen molar-refractivity contribution in [1.29, 1.82) is 0 Å². The van der Waals surface area contributed by atoms with Gasteiger partial charge < -0.3 is 4.42 Å². The third-order valence-corrected chi connectivity index (χ3v) is 1.67. The first-order chi connectivity index (χ1) is 4.88. The second kappa shape index (κ2) is 2.03. The predicted molar refractivity (Wildman–Crippen MR) is 40.1 cm³/mol. The van der Waals surface area contributed by atoms with Crippen molar-refractivity contribution in [1.82, 2.24) is 0 Å². The molecule has 0 fully saturated rings. The molecule has 1 aromatic carbocycles. The van der Waals surface area contributed by atoms with Crippen molar-refractivity contribution < 1.29 is 4.42 Å². The number of furan rings is 1. The molecule has 10 heavy (non-hydrogen) atoms. The number of rotatable bonds is 0. The fourth-order valence-corrected chi connectivity index (χ4v) is 1.10. The van der Waals surface area contributed by atoms with E-state index in [1.807, 2.05) is 24.3 Å². The molecule has 1 radical (unpaired) electrons. The van der Waals surface area contributed by atoms with Gasteiger partial charge in [0.2, 0.25) is 5.22 Å². The minimum absolute atomic E-state index is 0.413. The first-order valence-corrected chi connectivity index (χ1v) is 3.30. The zero-order chi connectivity index (χ0) is 6.97. The molecule has 0 unspecified atom stereocenters. The molecule has 0 bridgehead atoms. The number of hydrogen-bond donors (Lipinski definition) is 0. The van der Waals surface area contributed by atoms with Crippen molar-refractivity contribution in [3.8, 4) is 0 Å². The Kier molecular flexibility index (Phi) is 1.18. The minimum atomic E-state index is 0.413. The maximum atomic E-state index is 5.67. The van der Waals surface area contributed by atoms with E-state index < -0.39 is 0 Å². The van der Waals surface area contributed by atoms with Gasteiger partial charge in [0.05, 0.1) is 0 Å². The Bertz CT molecular complexity index is 351. The third-order valence-electron chi connectivity index (χ3n) is 1.39. The van der Waals surface area contributed by atoms with Crippen molar-refractivity contribution in [2.45, 2.75) is 0 Å². The van der Waals surface area contributed by atoms with Crippen LogP contribution in [0.15, 0.2) is 28.7 Å². The van der Waals surface area contributed by atoms with E-state index in [4.69, 9.17) is 16.0 Å². The molecule has 2 aromatic rings. The van der Waals surface area contributed by atoms with Crippen molar-refractivity contribution >= 4 is 22.4 Å². The Hall–Kier alpha value is -0.950. The van der Waals surface area contributed by atoms with Gasteiger partial charge in [0.15, 0.2) is 6.26 Å². The Morgan fingerprint density at radius 2 is 2.10 bits per heavy atom. The van der Waals surface area contributed by atoms with Gasteiger partial charge in [-0.05, 0) is 17.7 Å². The largest absolute Gasteiger partial charge is 0.440 e. The molecule has 2 heteroatoms. The first kappa shape index (κ1) is 5.81. The van der Waals surface area contributed by atoms with E-state index in [0.717, 1.165) is 10.8 Å². The second-order valence-electron chi connectivity index (χ2n) is 2.02. The molecule has 0 aliphatic rings. The van der Waals surface area contributed by atoms with E-state index in [2.05, 4.69) is 6.26 Å². The standard InChI is InChI=1S/C8H4ClO/c9-8-7-4-2-1-3-6(7)5-10-8/h1-4H. The summed E-state index contributed by atoms with van der Waals surface area (Å²) in [7, 11) is 0. The molecular formula is C8H4ClO. The summed E-state index contributed by atoms with van der Waals surface area (Å²) in [6, 6.07) is 7.64. The highest BCUT2D eigenvalue weighted by Crippen LogP contribution is 2.23. The van der Waals surface area contributed by atoms with Crippen LogP contribution in [0.5, 0.6) is 0 Å². The molecule has 0 saturated carbocycles. The monoisotopic (exact) mass is 151 g/mol. The summed E-state index contributed by atoms with van der Waals surface area (Å²) < 4.78 is 4.86. The van der Waals surface area contributed by atoms with Crippen LogP contribution in [0.25, 0.3) is 10.8 Å². The van der Waals surface area contributed by atoms with Gasteiger partial charge >= 0.3 is 0 Å². The van der Waals surface area contributed by atoms with Crippen LogP contribution in [0.3, 0.4) is 0 Å². The van der Waals surface area contributed by atoms with Gasteiger partial charge in [-0.3, -0.25) is 0 Å². The van der Waals surface area contributed by atoms with E-state index in [1.54, 1.807) is 0 Å². The molecule has 0 saturated heterocycles. The van der Waals surface area contributed by atoms with Gasteiger partial charge in [0.25, 0.3) is 0 Å². The quantitative estimate of drug-likeness (QED) is 0.564. The van der Waals surface area contributed by atoms with E-state index >= 15 is 0 Å². The SMILES string of the molecule is Clc1o[c]c2ccccc12. The number of fused-ring (bicyclic) bond motifs is 1. The highest BCUT2D eigenvalue weighted by atomic mass is 35.5. The Balaban J connectivity index is 2.93. The Morgan fingerprint density at radius 3 is 2.90 bits per heavy atom. The number of hydrogen-bond acceptors (Lipinski definition) is 1. The van der Waals surface area contributed by atoms with Crippen LogP contribution < -0.4 is 0 Å². The van der Waals surface area contributed by atoms with Crippen LogP contribution in [0.2, 0.25) is 5.22 Å².